The second kappa shape index (κ2) is 7.33. The van der Waals surface area contributed by atoms with E-state index in [1.807, 2.05) is 42.5 Å². The van der Waals surface area contributed by atoms with E-state index in [4.69, 9.17) is 0 Å². The van der Waals surface area contributed by atoms with Crippen molar-refractivity contribution >= 4 is 61.3 Å². The summed E-state index contributed by atoms with van der Waals surface area (Å²) in [5, 5.41) is 18.5. The van der Waals surface area contributed by atoms with Crippen molar-refractivity contribution in [2.45, 2.75) is 0 Å². The number of pyridine rings is 1. The Bertz CT molecular complexity index is 1400. The standard InChI is InChI=1S/C20H13N7O2S/c28-27(29)17-10-22-20(25-15-5-1-4-14-13(15)3-2-8-21-14)26-19(17)24-12-6-7-16-18(9-12)30-11-23-16/h1-11H,(H2,22,24,25,26). The van der Waals surface area contributed by atoms with Crippen LogP contribution in [-0.4, -0.2) is 24.9 Å². The van der Waals surface area contributed by atoms with Gasteiger partial charge in [-0.05, 0) is 42.5 Å². The molecule has 0 aliphatic heterocycles. The van der Waals surface area contributed by atoms with E-state index in [0.29, 0.717) is 5.69 Å². The molecule has 0 fully saturated rings. The maximum Gasteiger partial charge on any atom is 0.329 e. The molecule has 0 radical (unpaired) electrons. The lowest BCUT2D eigenvalue weighted by atomic mass is 10.2. The largest absolute Gasteiger partial charge is 0.334 e. The summed E-state index contributed by atoms with van der Waals surface area (Å²) >= 11 is 1.49. The van der Waals surface area contributed by atoms with Crippen LogP contribution in [0, 0.1) is 10.1 Å². The van der Waals surface area contributed by atoms with Crippen LogP contribution in [0.5, 0.6) is 0 Å². The molecule has 146 valence electrons. The van der Waals surface area contributed by atoms with Gasteiger partial charge in [0, 0.05) is 17.3 Å². The Balaban J connectivity index is 1.51. The first-order chi connectivity index (χ1) is 14.7. The number of rotatable bonds is 5. The molecule has 30 heavy (non-hydrogen) atoms. The minimum Gasteiger partial charge on any atom is -0.334 e. The van der Waals surface area contributed by atoms with Crippen molar-refractivity contribution in [1.82, 2.24) is 19.9 Å². The Morgan fingerprint density at radius 3 is 2.80 bits per heavy atom. The van der Waals surface area contributed by atoms with Crippen LogP contribution in [-0.2, 0) is 0 Å². The molecule has 9 nitrogen and oxygen atoms in total. The fraction of sp³-hybridized carbons (Fsp3) is 0. The average Bonchev–Trinajstić information content (AvgIpc) is 3.22. The topological polar surface area (TPSA) is 119 Å². The highest BCUT2D eigenvalue weighted by molar-refractivity contribution is 7.16. The molecule has 0 saturated heterocycles. The van der Waals surface area contributed by atoms with Gasteiger partial charge in [0.2, 0.25) is 11.8 Å². The number of thiazole rings is 1. The van der Waals surface area contributed by atoms with Crippen LogP contribution in [0.15, 0.2) is 66.4 Å². The number of nitrogens with zero attached hydrogens (tertiary/aromatic N) is 5. The highest BCUT2D eigenvalue weighted by atomic mass is 32.1. The zero-order chi connectivity index (χ0) is 20.5. The van der Waals surface area contributed by atoms with Crippen LogP contribution in [0.1, 0.15) is 0 Å². The molecule has 0 amide bonds. The second-order valence-corrected chi connectivity index (χ2v) is 7.23. The fourth-order valence-electron chi connectivity index (χ4n) is 3.06. The van der Waals surface area contributed by atoms with Crippen LogP contribution in [0.3, 0.4) is 0 Å². The van der Waals surface area contributed by atoms with Gasteiger partial charge in [-0.25, -0.2) is 9.97 Å². The third kappa shape index (κ3) is 3.35. The van der Waals surface area contributed by atoms with Gasteiger partial charge in [-0.2, -0.15) is 4.98 Å². The van der Waals surface area contributed by atoms with E-state index in [9.17, 15) is 10.1 Å². The monoisotopic (exact) mass is 415 g/mol. The minimum absolute atomic E-state index is 0.0970. The molecule has 0 aliphatic carbocycles. The lowest BCUT2D eigenvalue weighted by Gasteiger charge is -2.10. The fourth-order valence-corrected chi connectivity index (χ4v) is 3.78. The summed E-state index contributed by atoms with van der Waals surface area (Å²) in [6.07, 6.45) is 2.91. The van der Waals surface area contributed by atoms with E-state index in [1.165, 1.54) is 17.5 Å². The summed E-state index contributed by atoms with van der Waals surface area (Å²) in [5.41, 5.74) is 4.66. The SMILES string of the molecule is O=[N+]([O-])c1cnc(Nc2cccc3ncccc23)nc1Nc1ccc2ncsc2c1. The van der Waals surface area contributed by atoms with E-state index in [-0.39, 0.29) is 17.5 Å². The summed E-state index contributed by atoms with van der Waals surface area (Å²) in [7, 11) is 0. The summed E-state index contributed by atoms with van der Waals surface area (Å²) in [6.45, 7) is 0. The van der Waals surface area contributed by atoms with Crippen LogP contribution < -0.4 is 10.6 Å². The molecular weight excluding hydrogens is 402 g/mol. The number of anilines is 4. The van der Waals surface area contributed by atoms with Gasteiger partial charge in [-0.3, -0.25) is 15.1 Å². The first kappa shape index (κ1) is 17.9. The van der Waals surface area contributed by atoms with Crippen LogP contribution in [0.4, 0.5) is 28.8 Å². The lowest BCUT2D eigenvalue weighted by molar-refractivity contribution is -0.384. The first-order valence-corrected chi connectivity index (χ1v) is 9.78. The average molecular weight is 415 g/mol. The van der Waals surface area contributed by atoms with E-state index in [2.05, 4.69) is 30.6 Å². The van der Waals surface area contributed by atoms with Crippen molar-refractivity contribution < 1.29 is 4.92 Å². The molecule has 0 bridgehead atoms. The Labute approximate surface area is 173 Å². The van der Waals surface area contributed by atoms with Gasteiger partial charge >= 0.3 is 5.69 Å². The van der Waals surface area contributed by atoms with Gasteiger partial charge in [-0.15, -0.1) is 11.3 Å². The first-order valence-electron chi connectivity index (χ1n) is 8.90. The third-order valence-electron chi connectivity index (χ3n) is 4.45. The normalized spacial score (nSPS) is 10.9. The molecule has 5 aromatic rings. The highest BCUT2D eigenvalue weighted by Crippen LogP contribution is 2.30. The number of hydrogen-bond acceptors (Lipinski definition) is 9. The summed E-state index contributed by atoms with van der Waals surface area (Å²) in [5.74, 6) is 0.332. The molecular formula is C20H13N7O2S. The van der Waals surface area contributed by atoms with Gasteiger partial charge in [0.15, 0.2) is 0 Å². The number of fused-ring (bicyclic) bond motifs is 2. The van der Waals surface area contributed by atoms with Crippen molar-refractivity contribution in [2.24, 2.45) is 0 Å². The number of aromatic nitrogens is 4. The summed E-state index contributed by atoms with van der Waals surface area (Å²) in [4.78, 5) is 28.0. The molecule has 2 aromatic carbocycles. The van der Waals surface area contributed by atoms with E-state index in [1.54, 1.807) is 17.8 Å². The maximum absolute atomic E-state index is 11.5. The van der Waals surface area contributed by atoms with Crippen LogP contribution in [0.2, 0.25) is 0 Å². The molecule has 0 saturated carbocycles. The molecule has 10 heteroatoms. The lowest BCUT2D eigenvalue weighted by Crippen LogP contribution is -2.04. The number of nitrogens with one attached hydrogen (secondary N) is 2. The van der Waals surface area contributed by atoms with Crippen LogP contribution >= 0.6 is 11.3 Å². The van der Waals surface area contributed by atoms with Gasteiger partial charge in [0.05, 0.1) is 31.9 Å². The molecule has 5 rings (SSSR count). The van der Waals surface area contributed by atoms with Gasteiger partial charge in [0.1, 0.15) is 6.20 Å². The zero-order valence-electron chi connectivity index (χ0n) is 15.3. The number of nitro groups is 1. The molecule has 3 aromatic heterocycles. The third-order valence-corrected chi connectivity index (χ3v) is 5.24. The molecule has 0 unspecified atom stereocenters. The van der Waals surface area contributed by atoms with Gasteiger partial charge in [0.25, 0.3) is 0 Å². The Morgan fingerprint density at radius 2 is 1.90 bits per heavy atom. The van der Waals surface area contributed by atoms with E-state index < -0.39 is 4.92 Å². The molecule has 0 aliphatic rings. The predicted molar refractivity (Wildman–Crippen MR) is 117 cm³/mol. The quantitative estimate of drug-likeness (QED) is 0.303. The van der Waals surface area contributed by atoms with Crippen molar-refractivity contribution in [1.29, 1.82) is 0 Å². The van der Waals surface area contributed by atoms with Gasteiger partial charge < -0.3 is 10.6 Å². The summed E-state index contributed by atoms with van der Waals surface area (Å²) < 4.78 is 0.971. The highest BCUT2D eigenvalue weighted by Gasteiger charge is 2.18. The van der Waals surface area contributed by atoms with E-state index in [0.717, 1.165) is 26.8 Å². The number of benzene rings is 2. The van der Waals surface area contributed by atoms with Crippen molar-refractivity contribution in [3.8, 4) is 0 Å². The van der Waals surface area contributed by atoms with E-state index >= 15 is 0 Å². The van der Waals surface area contributed by atoms with Gasteiger partial charge in [-0.1, -0.05) is 6.07 Å². The Morgan fingerprint density at radius 1 is 0.967 bits per heavy atom. The van der Waals surface area contributed by atoms with Crippen molar-refractivity contribution in [3.63, 3.8) is 0 Å². The molecule has 0 spiro atoms. The maximum atomic E-state index is 11.5. The second-order valence-electron chi connectivity index (χ2n) is 6.35. The van der Waals surface area contributed by atoms with Crippen molar-refractivity contribution in [2.75, 3.05) is 10.6 Å². The van der Waals surface area contributed by atoms with Crippen molar-refractivity contribution in [3.05, 3.63) is 76.5 Å². The number of hydrogen-bond donors (Lipinski definition) is 2. The molecule has 2 N–H and O–H groups in total. The Hall–Kier alpha value is -4.18. The predicted octanol–water partition coefficient (Wildman–Crippen LogP) is 5.03. The Kier molecular flexibility index (Phi) is 4.37. The van der Waals surface area contributed by atoms with Crippen LogP contribution in [0.25, 0.3) is 21.1 Å². The minimum atomic E-state index is -0.515. The smallest absolute Gasteiger partial charge is 0.329 e. The molecule has 3 heterocycles. The molecule has 0 atom stereocenters. The zero-order valence-corrected chi connectivity index (χ0v) is 16.1. The summed E-state index contributed by atoms with van der Waals surface area (Å²) in [6, 6.07) is 14.9.